The second-order valence-electron chi connectivity index (χ2n) is 5.60. The minimum Gasteiger partial charge on any atom is -0.409 e. The molecule has 0 N–H and O–H groups in total. The first-order chi connectivity index (χ1) is 11.3. The number of hydrogen-bond acceptors (Lipinski definition) is 6. The number of hydrogen-bond donors (Lipinski definition) is 0. The Bertz CT molecular complexity index is 885. The fourth-order valence-corrected chi connectivity index (χ4v) is 3.93. The highest BCUT2D eigenvalue weighted by atomic mass is 79.9. The van der Waals surface area contributed by atoms with E-state index in [0.29, 0.717) is 43.6 Å². The van der Waals surface area contributed by atoms with Crippen LogP contribution >= 0.6 is 28.1 Å². The van der Waals surface area contributed by atoms with Gasteiger partial charge in [-0.05, 0) is 30.4 Å². The summed E-state index contributed by atoms with van der Waals surface area (Å²) in [4.78, 5) is 2.40. The molecule has 0 spiro atoms. The quantitative estimate of drug-likeness (QED) is 0.689. The van der Waals surface area contributed by atoms with Crippen molar-refractivity contribution in [3.63, 3.8) is 0 Å². The topological polar surface area (TPSA) is 71.6 Å². The lowest BCUT2D eigenvalue weighted by molar-refractivity contribution is 0.144. The Balaban J connectivity index is 1.70. The monoisotopic (exact) mass is 432 g/mol. The number of sulfonamides is 1. The van der Waals surface area contributed by atoms with Crippen molar-refractivity contribution in [1.82, 2.24) is 19.0 Å². The van der Waals surface area contributed by atoms with E-state index in [1.54, 1.807) is 4.68 Å². The first-order valence-corrected chi connectivity index (χ1v) is 10.4. The van der Waals surface area contributed by atoms with E-state index in [1.165, 1.54) is 10.6 Å². The first-order valence-electron chi connectivity index (χ1n) is 7.34. The van der Waals surface area contributed by atoms with Crippen LogP contribution in [0.25, 0.3) is 11.5 Å². The van der Waals surface area contributed by atoms with Crippen LogP contribution in [0.3, 0.4) is 0 Å². The van der Waals surface area contributed by atoms with Crippen molar-refractivity contribution in [2.45, 2.75) is 6.67 Å². The maximum absolute atomic E-state index is 11.5. The number of piperazine rings is 1. The van der Waals surface area contributed by atoms with Crippen LogP contribution in [-0.4, -0.2) is 59.8 Å². The molecule has 2 aromatic rings. The molecule has 1 fully saturated rings. The van der Waals surface area contributed by atoms with E-state index in [-0.39, 0.29) is 0 Å². The lowest BCUT2D eigenvalue weighted by atomic mass is 10.2. The van der Waals surface area contributed by atoms with Crippen molar-refractivity contribution in [2.24, 2.45) is 0 Å². The van der Waals surface area contributed by atoms with Gasteiger partial charge in [-0.1, -0.05) is 22.0 Å². The zero-order chi connectivity index (χ0) is 17.3. The van der Waals surface area contributed by atoms with Gasteiger partial charge in [0.1, 0.15) is 0 Å². The molecule has 7 nitrogen and oxygen atoms in total. The Morgan fingerprint density at radius 3 is 2.62 bits per heavy atom. The average molecular weight is 433 g/mol. The second kappa shape index (κ2) is 7.04. The van der Waals surface area contributed by atoms with Crippen LogP contribution in [0.15, 0.2) is 33.2 Å². The summed E-state index contributed by atoms with van der Waals surface area (Å²) < 4.78 is 32.7. The van der Waals surface area contributed by atoms with E-state index in [1.807, 2.05) is 24.3 Å². The second-order valence-corrected chi connectivity index (χ2v) is 8.85. The summed E-state index contributed by atoms with van der Waals surface area (Å²) >= 11 is 8.67. The lowest BCUT2D eigenvalue weighted by Crippen LogP contribution is -2.48. The predicted octanol–water partition coefficient (Wildman–Crippen LogP) is 2.17. The van der Waals surface area contributed by atoms with Crippen LogP contribution in [-0.2, 0) is 16.7 Å². The van der Waals surface area contributed by atoms with E-state index in [4.69, 9.17) is 16.6 Å². The molecule has 1 aliphatic heterocycles. The van der Waals surface area contributed by atoms with Gasteiger partial charge in [0.25, 0.3) is 4.84 Å². The molecular formula is C14H17BrN4O3S2. The fourth-order valence-electron chi connectivity index (χ4n) is 2.53. The van der Waals surface area contributed by atoms with E-state index in [2.05, 4.69) is 25.9 Å². The molecule has 0 bridgehead atoms. The van der Waals surface area contributed by atoms with Crippen LogP contribution in [0.4, 0.5) is 0 Å². The Morgan fingerprint density at radius 2 is 2.00 bits per heavy atom. The van der Waals surface area contributed by atoms with Gasteiger partial charge in [-0.2, -0.15) is 4.31 Å². The summed E-state index contributed by atoms with van der Waals surface area (Å²) in [5.74, 6) is 0.469. The number of halogens is 1. The standard InChI is InChI=1S/C14H17BrN4O3S2/c1-24(20,21)18-7-5-17(6-8-18)10-19-14(23)22-13(16-19)11-3-2-4-12(15)9-11/h2-4,9H,5-8,10H2,1H3. The molecule has 0 unspecified atom stereocenters. The van der Waals surface area contributed by atoms with Gasteiger partial charge in [0.2, 0.25) is 15.9 Å². The summed E-state index contributed by atoms with van der Waals surface area (Å²) in [7, 11) is -3.13. The summed E-state index contributed by atoms with van der Waals surface area (Å²) in [6.07, 6.45) is 1.24. The van der Waals surface area contributed by atoms with Crippen LogP contribution in [0.2, 0.25) is 0 Å². The molecule has 1 saturated heterocycles. The lowest BCUT2D eigenvalue weighted by Gasteiger charge is -2.32. The summed E-state index contributed by atoms with van der Waals surface area (Å²) in [5, 5.41) is 4.43. The molecule has 24 heavy (non-hydrogen) atoms. The smallest absolute Gasteiger partial charge is 0.288 e. The van der Waals surface area contributed by atoms with Crippen LogP contribution in [0.5, 0.6) is 0 Å². The minimum absolute atomic E-state index is 0.301. The van der Waals surface area contributed by atoms with Gasteiger partial charge >= 0.3 is 0 Å². The van der Waals surface area contributed by atoms with Gasteiger partial charge in [0.15, 0.2) is 0 Å². The molecule has 0 atom stereocenters. The maximum Gasteiger partial charge on any atom is 0.288 e. The Morgan fingerprint density at radius 1 is 1.29 bits per heavy atom. The van der Waals surface area contributed by atoms with Crippen molar-refractivity contribution in [1.29, 1.82) is 0 Å². The molecule has 0 radical (unpaired) electrons. The Kier molecular flexibility index (Phi) is 5.21. The highest BCUT2D eigenvalue weighted by Gasteiger charge is 2.24. The zero-order valence-corrected chi connectivity index (χ0v) is 16.3. The Labute approximate surface area is 154 Å². The van der Waals surface area contributed by atoms with Crippen LogP contribution < -0.4 is 0 Å². The van der Waals surface area contributed by atoms with Gasteiger partial charge in [0, 0.05) is 36.2 Å². The largest absolute Gasteiger partial charge is 0.409 e. The molecule has 2 heterocycles. The molecule has 1 aromatic carbocycles. The van der Waals surface area contributed by atoms with E-state index in [0.717, 1.165) is 10.0 Å². The third-order valence-electron chi connectivity index (χ3n) is 3.81. The molecule has 3 rings (SSSR count). The van der Waals surface area contributed by atoms with Gasteiger partial charge in [-0.15, -0.1) is 5.10 Å². The molecule has 130 valence electrons. The molecule has 10 heteroatoms. The summed E-state index contributed by atoms with van der Waals surface area (Å²) in [6, 6.07) is 7.65. The molecular weight excluding hydrogens is 416 g/mol. The van der Waals surface area contributed by atoms with E-state index in [9.17, 15) is 8.42 Å². The van der Waals surface area contributed by atoms with Crippen molar-refractivity contribution in [3.05, 3.63) is 33.6 Å². The summed E-state index contributed by atoms with van der Waals surface area (Å²) in [5.41, 5.74) is 0.844. The fraction of sp³-hybridized carbons (Fsp3) is 0.429. The zero-order valence-electron chi connectivity index (χ0n) is 13.1. The van der Waals surface area contributed by atoms with Crippen molar-refractivity contribution < 1.29 is 12.8 Å². The number of aromatic nitrogens is 2. The molecule has 1 aliphatic rings. The van der Waals surface area contributed by atoms with Crippen molar-refractivity contribution in [2.75, 3.05) is 32.4 Å². The molecule has 0 aliphatic carbocycles. The molecule has 1 aromatic heterocycles. The predicted molar refractivity (Wildman–Crippen MR) is 96.5 cm³/mol. The van der Waals surface area contributed by atoms with Crippen molar-refractivity contribution in [3.8, 4) is 11.5 Å². The highest BCUT2D eigenvalue weighted by molar-refractivity contribution is 9.10. The normalized spacial score (nSPS) is 17.2. The van der Waals surface area contributed by atoms with Gasteiger partial charge < -0.3 is 4.42 Å². The Hall–Kier alpha value is -1.07. The highest BCUT2D eigenvalue weighted by Crippen LogP contribution is 2.22. The summed E-state index contributed by atoms with van der Waals surface area (Å²) in [6.45, 7) is 2.70. The van der Waals surface area contributed by atoms with E-state index < -0.39 is 10.0 Å². The third-order valence-corrected chi connectivity index (χ3v) is 5.90. The number of rotatable bonds is 4. The van der Waals surface area contributed by atoms with Gasteiger partial charge in [-0.3, -0.25) is 4.90 Å². The van der Waals surface area contributed by atoms with Gasteiger partial charge in [-0.25, -0.2) is 13.1 Å². The van der Waals surface area contributed by atoms with Crippen molar-refractivity contribution >= 4 is 38.2 Å². The SMILES string of the molecule is CS(=O)(=O)N1CCN(Cn2nc(-c3cccc(Br)c3)oc2=S)CC1. The maximum atomic E-state index is 11.5. The third kappa shape index (κ3) is 4.12. The first kappa shape index (κ1) is 17.7. The van der Waals surface area contributed by atoms with Crippen LogP contribution in [0, 0.1) is 4.84 Å². The van der Waals surface area contributed by atoms with Crippen LogP contribution in [0.1, 0.15) is 0 Å². The number of benzene rings is 1. The van der Waals surface area contributed by atoms with Gasteiger partial charge in [0.05, 0.1) is 12.9 Å². The molecule has 0 saturated carbocycles. The van der Waals surface area contributed by atoms with E-state index >= 15 is 0 Å². The average Bonchev–Trinajstić information content (AvgIpc) is 2.88. The minimum atomic E-state index is -3.13. The molecule has 0 amide bonds. The number of nitrogens with zero attached hydrogens (tertiary/aromatic N) is 4.